The number of aliphatic hydroxyl groups excluding tert-OH is 1. The van der Waals surface area contributed by atoms with Crippen molar-refractivity contribution >= 4 is 25.3 Å². The predicted octanol–water partition coefficient (Wildman–Crippen LogP) is 1.70. The molecular weight excluding hydrogens is 580 g/mol. The van der Waals surface area contributed by atoms with E-state index in [0.717, 1.165) is 12.3 Å². The van der Waals surface area contributed by atoms with Crippen LogP contribution in [-0.4, -0.2) is 63.5 Å². The monoisotopic (exact) mass is 607 g/mol. The zero-order chi connectivity index (χ0) is 29.2. The molecule has 0 spiro atoms. The van der Waals surface area contributed by atoms with Gasteiger partial charge in [-0.05, 0) is 38.5 Å². The van der Waals surface area contributed by atoms with E-state index in [9.17, 15) is 24.1 Å². The van der Waals surface area contributed by atoms with Gasteiger partial charge in [0.25, 0.3) is 10.7 Å². The van der Waals surface area contributed by atoms with Gasteiger partial charge in [0.05, 0.1) is 19.3 Å². The highest BCUT2D eigenvalue weighted by atomic mass is 35.5. The number of carbonyl (C=O) groups is 1. The molecule has 0 aliphatic carbocycles. The molecule has 1 fully saturated rings. The van der Waals surface area contributed by atoms with Gasteiger partial charge in [0.2, 0.25) is 6.79 Å². The number of carbonyl (C=O) groups excluding carboxylic acids is 1. The van der Waals surface area contributed by atoms with Gasteiger partial charge in [-0.3, -0.25) is 28.2 Å². The molecule has 0 radical (unpaired) electrons. The molecule has 40 heavy (non-hydrogen) atoms. The Morgan fingerprint density at radius 1 is 1.27 bits per heavy atom. The molecule has 17 heteroatoms. The smallest absolute Gasteiger partial charge is 0.406 e. The average Bonchev–Trinajstić information content (AvgIpc) is 3.43. The quantitative estimate of drug-likeness (QED) is 0.192. The van der Waals surface area contributed by atoms with E-state index in [1.165, 1.54) is 6.92 Å². The fraction of sp³-hybridized carbons (Fsp3) is 0.522. The Morgan fingerprint density at radius 3 is 2.70 bits per heavy atom. The maximum absolute atomic E-state index is 15.3. The minimum atomic E-state index is -4.38. The molecule has 0 bridgehead atoms. The molecule has 2 aliphatic heterocycles. The van der Waals surface area contributed by atoms with Crippen LogP contribution in [0.2, 0.25) is 0 Å². The SMILES string of the molecule is CC(C)OC(=O)[C@H](C)NP(=O)(OCc1ccc2c(c1)OCO2)OC[C@H]1O[C@@H](n2ccc(=O)[nH]c2=O)[C@@](F)(Cl)[C@@H]1O. The molecule has 0 saturated carbocycles. The number of hydrogen-bond donors (Lipinski definition) is 3. The summed E-state index contributed by atoms with van der Waals surface area (Å²) < 4.78 is 61.8. The summed E-state index contributed by atoms with van der Waals surface area (Å²) in [7, 11) is -4.38. The first-order chi connectivity index (χ1) is 18.8. The third-order valence-electron chi connectivity index (χ3n) is 5.79. The second-order valence-corrected chi connectivity index (χ2v) is 11.6. The van der Waals surface area contributed by atoms with Crippen LogP contribution in [0.1, 0.15) is 32.6 Å². The van der Waals surface area contributed by atoms with Crippen LogP contribution in [0.25, 0.3) is 0 Å². The first-order valence-corrected chi connectivity index (χ1v) is 14.0. The van der Waals surface area contributed by atoms with Crippen LogP contribution in [-0.2, 0) is 34.5 Å². The van der Waals surface area contributed by atoms with Gasteiger partial charge < -0.3 is 24.1 Å². The standard InChI is InChI=1S/C23H28ClFN3O11P/c1-12(2)38-20(31)13(3)27-40(33,36-9-14-4-5-15-16(8-14)35-11-34-15)37-10-17-19(30)23(24,25)21(39-17)28-7-6-18(29)26-22(28)32/h4-8,12-13,17,19,21,30H,9-11H2,1-3H3,(H,27,33)(H,26,29,32)/t13-,17+,19+,21+,23+,40?/m0/s1. The number of H-pyrrole nitrogens is 1. The van der Waals surface area contributed by atoms with Crippen molar-refractivity contribution in [2.45, 2.75) is 63.1 Å². The van der Waals surface area contributed by atoms with Crippen molar-refractivity contribution in [1.82, 2.24) is 14.6 Å². The lowest BCUT2D eigenvalue weighted by atomic mass is 10.1. The minimum Gasteiger partial charge on any atom is -0.462 e. The molecule has 1 saturated heterocycles. The van der Waals surface area contributed by atoms with Gasteiger partial charge in [-0.15, -0.1) is 0 Å². The van der Waals surface area contributed by atoms with Gasteiger partial charge in [0.1, 0.15) is 18.2 Å². The zero-order valence-electron chi connectivity index (χ0n) is 21.6. The molecule has 6 atom stereocenters. The molecule has 14 nitrogen and oxygen atoms in total. The number of halogens is 2. The van der Waals surface area contributed by atoms with E-state index in [1.54, 1.807) is 32.0 Å². The molecule has 4 rings (SSSR count). The summed E-state index contributed by atoms with van der Waals surface area (Å²) in [5.41, 5.74) is -1.26. The van der Waals surface area contributed by atoms with Crippen molar-refractivity contribution in [1.29, 1.82) is 0 Å². The number of benzene rings is 1. The summed E-state index contributed by atoms with van der Waals surface area (Å²) in [6.07, 6.45) is -4.99. The Kier molecular flexibility index (Phi) is 9.05. The van der Waals surface area contributed by atoms with Crippen LogP contribution < -0.4 is 25.8 Å². The molecule has 1 aromatic heterocycles. The van der Waals surface area contributed by atoms with Crippen LogP contribution in [0.3, 0.4) is 0 Å². The van der Waals surface area contributed by atoms with Crippen LogP contribution in [0.15, 0.2) is 40.1 Å². The summed E-state index contributed by atoms with van der Waals surface area (Å²) in [6.45, 7) is 3.66. The van der Waals surface area contributed by atoms with Crippen molar-refractivity contribution in [3.8, 4) is 11.5 Å². The highest BCUT2D eigenvalue weighted by Crippen LogP contribution is 2.49. The van der Waals surface area contributed by atoms with E-state index in [0.29, 0.717) is 21.6 Å². The summed E-state index contributed by atoms with van der Waals surface area (Å²) in [5.74, 6) is 0.223. The summed E-state index contributed by atoms with van der Waals surface area (Å²) in [4.78, 5) is 37.8. The van der Waals surface area contributed by atoms with Gasteiger partial charge >= 0.3 is 19.4 Å². The molecule has 3 N–H and O–H groups in total. The van der Waals surface area contributed by atoms with Crippen molar-refractivity contribution in [2.75, 3.05) is 13.4 Å². The fourth-order valence-electron chi connectivity index (χ4n) is 3.82. The van der Waals surface area contributed by atoms with Gasteiger partial charge in [0.15, 0.2) is 17.7 Å². The normalized spacial score (nSPS) is 26.0. The largest absolute Gasteiger partial charge is 0.462 e. The van der Waals surface area contributed by atoms with E-state index in [4.69, 9.17) is 39.6 Å². The third-order valence-corrected chi connectivity index (χ3v) is 7.86. The lowest BCUT2D eigenvalue weighted by molar-refractivity contribution is -0.149. The Bertz CT molecular complexity index is 1400. The molecule has 220 valence electrons. The molecule has 2 aromatic rings. The van der Waals surface area contributed by atoms with E-state index in [-0.39, 0.29) is 13.4 Å². The van der Waals surface area contributed by atoms with Crippen molar-refractivity contribution < 1.29 is 46.9 Å². The van der Waals surface area contributed by atoms with Crippen molar-refractivity contribution in [2.24, 2.45) is 0 Å². The molecule has 0 amide bonds. The van der Waals surface area contributed by atoms with Gasteiger partial charge in [-0.25, -0.2) is 18.8 Å². The molecule has 1 unspecified atom stereocenters. The maximum Gasteiger partial charge on any atom is 0.406 e. The number of hydrogen-bond acceptors (Lipinski definition) is 11. The van der Waals surface area contributed by atoms with Crippen molar-refractivity contribution in [3.05, 3.63) is 56.9 Å². The van der Waals surface area contributed by atoms with Crippen LogP contribution >= 0.6 is 19.3 Å². The Balaban J connectivity index is 1.50. The first-order valence-electron chi connectivity index (χ1n) is 12.1. The maximum atomic E-state index is 15.3. The second-order valence-electron chi connectivity index (χ2n) is 9.25. The topological polar surface area (TPSA) is 177 Å². The van der Waals surface area contributed by atoms with Crippen molar-refractivity contribution in [3.63, 3.8) is 0 Å². The highest BCUT2D eigenvalue weighted by molar-refractivity contribution is 7.51. The molecule has 3 heterocycles. The number of nitrogens with one attached hydrogen (secondary N) is 2. The van der Waals surface area contributed by atoms with E-state index >= 15 is 4.39 Å². The number of nitrogens with zero attached hydrogens (tertiary/aromatic N) is 1. The molecular formula is C23H28ClFN3O11P. The summed E-state index contributed by atoms with van der Waals surface area (Å²) in [6, 6.07) is 4.64. The number of esters is 1. The third kappa shape index (κ3) is 6.74. The summed E-state index contributed by atoms with van der Waals surface area (Å²) >= 11 is 5.89. The molecule has 1 aromatic carbocycles. The van der Waals surface area contributed by atoms with E-state index < -0.39 is 67.3 Å². The average molecular weight is 608 g/mol. The lowest BCUT2D eigenvalue weighted by Crippen LogP contribution is -2.42. The predicted molar refractivity (Wildman–Crippen MR) is 136 cm³/mol. The minimum absolute atomic E-state index is 0.0464. The molecule has 2 aliphatic rings. The van der Waals surface area contributed by atoms with Gasteiger partial charge in [-0.2, -0.15) is 0 Å². The highest BCUT2D eigenvalue weighted by Gasteiger charge is 2.58. The Hall–Kier alpha value is -2.78. The number of ether oxygens (including phenoxy) is 4. The Morgan fingerprint density at radius 2 is 2.00 bits per heavy atom. The van der Waals surface area contributed by atoms with Gasteiger partial charge in [-0.1, -0.05) is 17.7 Å². The fourth-order valence-corrected chi connectivity index (χ4v) is 5.58. The van der Waals surface area contributed by atoms with Gasteiger partial charge in [0, 0.05) is 12.3 Å². The number of aromatic amines is 1. The van der Waals surface area contributed by atoms with Crippen LogP contribution in [0.4, 0.5) is 4.39 Å². The number of aromatic nitrogens is 2. The lowest BCUT2D eigenvalue weighted by Gasteiger charge is -2.25. The number of aliphatic hydroxyl groups is 1. The van der Waals surface area contributed by atoms with Crippen LogP contribution in [0, 0.1) is 0 Å². The zero-order valence-corrected chi connectivity index (χ0v) is 23.2. The second kappa shape index (κ2) is 12.0. The Labute approximate surface area is 231 Å². The van der Waals surface area contributed by atoms with Crippen LogP contribution in [0.5, 0.6) is 11.5 Å². The summed E-state index contributed by atoms with van der Waals surface area (Å²) in [5, 5.41) is 9.94. The number of rotatable bonds is 11. The van der Waals surface area contributed by atoms with E-state index in [1.807, 2.05) is 4.98 Å². The number of fused-ring (bicyclic) bond motifs is 1. The first kappa shape index (κ1) is 30.2. The number of alkyl halides is 2. The van der Waals surface area contributed by atoms with E-state index in [2.05, 4.69) is 5.09 Å².